The standard InChI is InChI=1S/C19H23FN2O/c1-14-12-22(10-9-19(14)21)13-15-5-7-17(8-6-15)23-18-4-2-3-16(20)11-18/h2-8,11,14,19H,9-10,12-13,21H2,1H3. The average molecular weight is 314 g/mol. The molecule has 1 fully saturated rings. The van der Waals surface area contributed by atoms with Gasteiger partial charge in [0.25, 0.3) is 0 Å². The Morgan fingerprint density at radius 1 is 1.17 bits per heavy atom. The first kappa shape index (κ1) is 16.0. The minimum Gasteiger partial charge on any atom is -0.457 e. The minimum atomic E-state index is -0.295. The van der Waals surface area contributed by atoms with E-state index in [0.717, 1.165) is 26.1 Å². The van der Waals surface area contributed by atoms with Crippen molar-refractivity contribution in [3.05, 3.63) is 59.9 Å². The summed E-state index contributed by atoms with van der Waals surface area (Å²) in [6.07, 6.45) is 1.06. The number of piperidine rings is 1. The molecule has 0 saturated carbocycles. The van der Waals surface area contributed by atoms with Crippen molar-refractivity contribution >= 4 is 0 Å². The number of hydrogen-bond donors (Lipinski definition) is 1. The first-order valence-corrected chi connectivity index (χ1v) is 8.10. The summed E-state index contributed by atoms with van der Waals surface area (Å²) in [5, 5.41) is 0. The maximum absolute atomic E-state index is 13.2. The summed E-state index contributed by atoms with van der Waals surface area (Å²) in [5.41, 5.74) is 7.32. The minimum absolute atomic E-state index is 0.295. The molecule has 2 N–H and O–H groups in total. The van der Waals surface area contributed by atoms with Gasteiger partial charge in [0.05, 0.1) is 0 Å². The molecule has 23 heavy (non-hydrogen) atoms. The van der Waals surface area contributed by atoms with Gasteiger partial charge in [-0.25, -0.2) is 4.39 Å². The number of benzene rings is 2. The molecule has 2 unspecified atom stereocenters. The van der Waals surface area contributed by atoms with E-state index in [-0.39, 0.29) is 5.82 Å². The number of halogens is 1. The van der Waals surface area contributed by atoms with Crippen molar-refractivity contribution in [1.82, 2.24) is 4.90 Å². The van der Waals surface area contributed by atoms with E-state index in [9.17, 15) is 4.39 Å². The molecule has 2 atom stereocenters. The average Bonchev–Trinajstić information content (AvgIpc) is 2.53. The molecule has 3 nitrogen and oxygen atoms in total. The first-order chi connectivity index (χ1) is 11.1. The van der Waals surface area contributed by atoms with Crippen LogP contribution in [0, 0.1) is 11.7 Å². The maximum Gasteiger partial charge on any atom is 0.130 e. The van der Waals surface area contributed by atoms with Crippen molar-refractivity contribution in [2.75, 3.05) is 13.1 Å². The number of rotatable bonds is 4. The van der Waals surface area contributed by atoms with Gasteiger partial charge in [-0.3, -0.25) is 4.90 Å². The largest absolute Gasteiger partial charge is 0.457 e. The summed E-state index contributed by atoms with van der Waals surface area (Å²) >= 11 is 0. The summed E-state index contributed by atoms with van der Waals surface area (Å²) in [5.74, 6) is 1.47. The molecule has 3 rings (SSSR count). The van der Waals surface area contributed by atoms with E-state index in [1.54, 1.807) is 12.1 Å². The summed E-state index contributed by atoms with van der Waals surface area (Å²) in [4.78, 5) is 2.44. The molecule has 0 aromatic heterocycles. The molecule has 1 heterocycles. The number of likely N-dealkylation sites (tertiary alicyclic amines) is 1. The Hall–Kier alpha value is -1.91. The Labute approximate surface area is 136 Å². The Kier molecular flexibility index (Phi) is 4.94. The molecule has 1 aliphatic heterocycles. The second-order valence-electron chi connectivity index (χ2n) is 6.37. The normalized spacial score (nSPS) is 22.0. The summed E-state index contributed by atoms with van der Waals surface area (Å²) in [7, 11) is 0. The Bertz CT molecular complexity index is 644. The van der Waals surface area contributed by atoms with Crippen LogP contribution in [0.3, 0.4) is 0 Å². The van der Waals surface area contributed by atoms with Crippen LogP contribution in [0.1, 0.15) is 18.9 Å². The first-order valence-electron chi connectivity index (χ1n) is 8.10. The van der Waals surface area contributed by atoms with E-state index in [2.05, 4.69) is 24.0 Å². The third-order valence-corrected chi connectivity index (χ3v) is 4.42. The lowest BCUT2D eigenvalue weighted by Gasteiger charge is -2.35. The maximum atomic E-state index is 13.2. The highest BCUT2D eigenvalue weighted by molar-refractivity contribution is 5.33. The van der Waals surface area contributed by atoms with E-state index in [1.165, 1.54) is 17.7 Å². The molecule has 0 aliphatic carbocycles. The van der Waals surface area contributed by atoms with Gasteiger partial charge in [-0.05, 0) is 48.7 Å². The van der Waals surface area contributed by atoms with Crippen LogP contribution < -0.4 is 10.5 Å². The fraction of sp³-hybridized carbons (Fsp3) is 0.368. The van der Waals surface area contributed by atoms with Crippen molar-refractivity contribution in [3.63, 3.8) is 0 Å². The van der Waals surface area contributed by atoms with Crippen molar-refractivity contribution in [2.45, 2.75) is 25.9 Å². The predicted molar refractivity (Wildman–Crippen MR) is 89.9 cm³/mol. The van der Waals surface area contributed by atoms with Crippen molar-refractivity contribution in [1.29, 1.82) is 0 Å². The van der Waals surface area contributed by atoms with E-state index >= 15 is 0 Å². The third kappa shape index (κ3) is 4.30. The number of nitrogens with two attached hydrogens (primary N) is 1. The van der Waals surface area contributed by atoms with Gasteiger partial charge in [-0.2, -0.15) is 0 Å². The molecule has 2 aromatic rings. The second-order valence-corrected chi connectivity index (χ2v) is 6.37. The lowest BCUT2D eigenvalue weighted by molar-refractivity contribution is 0.158. The molecule has 0 radical (unpaired) electrons. The highest BCUT2D eigenvalue weighted by Gasteiger charge is 2.22. The van der Waals surface area contributed by atoms with Crippen LogP contribution in [-0.2, 0) is 6.54 Å². The predicted octanol–water partition coefficient (Wildman–Crippen LogP) is 3.79. The van der Waals surface area contributed by atoms with Crippen molar-refractivity contribution in [2.24, 2.45) is 11.7 Å². The van der Waals surface area contributed by atoms with Gasteiger partial charge in [-0.15, -0.1) is 0 Å². The van der Waals surface area contributed by atoms with Crippen LogP contribution in [-0.4, -0.2) is 24.0 Å². The Morgan fingerprint density at radius 2 is 1.96 bits per heavy atom. The van der Waals surface area contributed by atoms with Crippen LogP contribution in [0.4, 0.5) is 4.39 Å². The van der Waals surface area contributed by atoms with E-state index in [4.69, 9.17) is 10.5 Å². The van der Waals surface area contributed by atoms with E-state index in [1.807, 2.05) is 12.1 Å². The van der Waals surface area contributed by atoms with Gasteiger partial charge < -0.3 is 10.5 Å². The zero-order valence-electron chi connectivity index (χ0n) is 13.4. The topological polar surface area (TPSA) is 38.5 Å². The summed E-state index contributed by atoms with van der Waals surface area (Å²) in [6, 6.07) is 14.5. The second kappa shape index (κ2) is 7.11. The Balaban J connectivity index is 1.59. The van der Waals surface area contributed by atoms with Gasteiger partial charge in [0, 0.05) is 25.2 Å². The van der Waals surface area contributed by atoms with E-state index < -0.39 is 0 Å². The Morgan fingerprint density at radius 3 is 2.65 bits per heavy atom. The molecule has 4 heteroatoms. The lowest BCUT2D eigenvalue weighted by Crippen LogP contribution is -2.45. The van der Waals surface area contributed by atoms with Gasteiger partial charge >= 0.3 is 0 Å². The lowest BCUT2D eigenvalue weighted by atomic mass is 9.94. The van der Waals surface area contributed by atoms with Crippen LogP contribution in [0.15, 0.2) is 48.5 Å². The quantitative estimate of drug-likeness (QED) is 0.933. The smallest absolute Gasteiger partial charge is 0.130 e. The van der Waals surface area contributed by atoms with Crippen LogP contribution >= 0.6 is 0 Å². The van der Waals surface area contributed by atoms with Crippen LogP contribution in [0.25, 0.3) is 0 Å². The highest BCUT2D eigenvalue weighted by atomic mass is 19.1. The fourth-order valence-corrected chi connectivity index (χ4v) is 2.98. The molecule has 1 aliphatic rings. The molecular formula is C19H23FN2O. The molecule has 0 bridgehead atoms. The third-order valence-electron chi connectivity index (χ3n) is 4.42. The monoisotopic (exact) mass is 314 g/mol. The molecule has 0 amide bonds. The van der Waals surface area contributed by atoms with Crippen molar-refractivity contribution in [3.8, 4) is 11.5 Å². The zero-order chi connectivity index (χ0) is 16.2. The van der Waals surface area contributed by atoms with Gasteiger partial charge in [0.1, 0.15) is 17.3 Å². The van der Waals surface area contributed by atoms with Crippen molar-refractivity contribution < 1.29 is 9.13 Å². The summed E-state index contributed by atoms with van der Waals surface area (Å²) in [6.45, 7) is 5.24. The molecule has 1 saturated heterocycles. The molecule has 122 valence electrons. The molecule has 0 spiro atoms. The fourth-order valence-electron chi connectivity index (χ4n) is 2.98. The van der Waals surface area contributed by atoms with Crippen LogP contribution in [0.2, 0.25) is 0 Å². The zero-order valence-corrected chi connectivity index (χ0v) is 13.4. The molecular weight excluding hydrogens is 291 g/mol. The number of nitrogens with zero attached hydrogens (tertiary/aromatic N) is 1. The summed E-state index contributed by atoms with van der Waals surface area (Å²) < 4.78 is 18.8. The van der Waals surface area contributed by atoms with Crippen LogP contribution in [0.5, 0.6) is 11.5 Å². The molecule has 2 aromatic carbocycles. The van der Waals surface area contributed by atoms with Gasteiger partial charge in [0.2, 0.25) is 0 Å². The van der Waals surface area contributed by atoms with Gasteiger partial charge in [-0.1, -0.05) is 25.1 Å². The highest BCUT2D eigenvalue weighted by Crippen LogP contribution is 2.23. The van der Waals surface area contributed by atoms with Gasteiger partial charge in [0.15, 0.2) is 0 Å². The SMILES string of the molecule is CC1CN(Cc2ccc(Oc3cccc(F)c3)cc2)CCC1N. The van der Waals surface area contributed by atoms with E-state index in [0.29, 0.717) is 23.5 Å². The number of ether oxygens (including phenoxy) is 1. The number of hydrogen-bond acceptors (Lipinski definition) is 3.